The molecule has 0 aliphatic carbocycles. The summed E-state index contributed by atoms with van der Waals surface area (Å²) < 4.78 is 0. The van der Waals surface area contributed by atoms with Crippen LogP contribution in [0.25, 0.3) is 0 Å². The number of aliphatic hydroxyl groups excluding tert-OH is 1. The van der Waals surface area contributed by atoms with E-state index in [0.29, 0.717) is 24.8 Å². The minimum absolute atomic E-state index is 0.0230. The first-order valence-electron chi connectivity index (χ1n) is 6.55. The number of carbonyl (C=O) groups excluding carboxylic acids is 1. The van der Waals surface area contributed by atoms with Crippen molar-refractivity contribution in [1.29, 1.82) is 5.26 Å². The zero-order chi connectivity index (χ0) is 14.1. The van der Waals surface area contributed by atoms with Crippen LogP contribution in [-0.4, -0.2) is 23.7 Å². The van der Waals surface area contributed by atoms with Crippen LogP contribution >= 0.6 is 0 Å². The summed E-state index contributed by atoms with van der Waals surface area (Å²) >= 11 is 0. The summed E-state index contributed by atoms with van der Waals surface area (Å²) in [5.74, 6) is 0.0230. The molecule has 0 saturated carbocycles. The second kappa shape index (κ2) is 8.28. The van der Waals surface area contributed by atoms with Crippen molar-refractivity contribution in [2.24, 2.45) is 0 Å². The largest absolute Gasteiger partial charge is 0.396 e. The molecule has 0 radical (unpaired) electrons. The third-order valence-electron chi connectivity index (χ3n) is 2.93. The number of amides is 1. The molecule has 0 saturated heterocycles. The molecule has 1 atom stereocenters. The number of aryl methyl sites for hydroxylation is 1. The van der Waals surface area contributed by atoms with E-state index in [-0.39, 0.29) is 18.6 Å². The lowest BCUT2D eigenvalue weighted by Crippen LogP contribution is -2.32. The van der Waals surface area contributed by atoms with Crippen LogP contribution in [0, 0.1) is 11.3 Å². The Hall–Kier alpha value is -1.86. The van der Waals surface area contributed by atoms with Crippen LogP contribution < -0.4 is 5.32 Å². The van der Waals surface area contributed by atoms with Gasteiger partial charge in [-0.15, -0.1) is 0 Å². The number of aliphatic hydroxyl groups is 1. The maximum atomic E-state index is 11.7. The summed E-state index contributed by atoms with van der Waals surface area (Å²) in [6, 6.07) is 9.44. The standard InChI is InChI=1S/C15H20N2O2/c1-12(3-2-10-18)17-15(19)9-8-13-4-6-14(11-16)7-5-13/h4-7,12,18H,2-3,8-10H2,1H3,(H,17,19). The molecule has 4 heteroatoms. The first kappa shape index (κ1) is 15.2. The van der Waals surface area contributed by atoms with E-state index in [4.69, 9.17) is 10.4 Å². The first-order chi connectivity index (χ1) is 9.15. The second-order valence-electron chi connectivity index (χ2n) is 4.64. The summed E-state index contributed by atoms with van der Waals surface area (Å²) in [6.45, 7) is 2.10. The number of nitrogens with zero attached hydrogens (tertiary/aromatic N) is 1. The number of rotatable bonds is 7. The number of hydrogen-bond acceptors (Lipinski definition) is 3. The van der Waals surface area contributed by atoms with Gasteiger partial charge in [0.15, 0.2) is 0 Å². The molecule has 1 amide bonds. The molecule has 2 N–H and O–H groups in total. The van der Waals surface area contributed by atoms with Gasteiger partial charge in [0.05, 0.1) is 11.6 Å². The number of nitriles is 1. The predicted octanol–water partition coefficient (Wildman–Crippen LogP) is 1.77. The molecule has 1 aromatic carbocycles. The molecule has 4 nitrogen and oxygen atoms in total. The van der Waals surface area contributed by atoms with Crippen molar-refractivity contribution in [3.63, 3.8) is 0 Å². The fourth-order valence-electron chi connectivity index (χ4n) is 1.82. The lowest BCUT2D eigenvalue weighted by Gasteiger charge is -2.13. The van der Waals surface area contributed by atoms with Crippen LogP contribution in [0.5, 0.6) is 0 Å². The van der Waals surface area contributed by atoms with E-state index in [1.54, 1.807) is 12.1 Å². The molecular weight excluding hydrogens is 240 g/mol. The van der Waals surface area contributed by atoms with Crippen LogP contribution in [0.4, 0.5) is 0 Å². The quantitative estimate of drug-likeness (QED) is 0.784. The molecule has 1 unspecified atom stereocenters. The first-order valence-corrected chi connectivity index (χ1v) is 6.55. The number of benzene rings is 1. The van der Waals surface area contributed by atoms with Gasteiger partial charge in [-0.05, 0) is 43.9 Å². The number of carbonyl (C=O) groups is 1. The van der Waals surface area contributed by atoms with Crippen LogP contribution in [0.3, 0.4) is 0 Å². The molecule has 0 aliphatic rings. The third kappa shape index (κ3) is 6.03. The second-order valence-corrected chi connectivity index (χ2v) is 4.64. The van der Waals surface area contributed by atoms with Crippen molar-refractivity contribution in [1.82, 2.24) is 5.32 Å². The van der Waals surface area contributed by atoms with E-state index < -0.39 is 0 Å². The normalized spacial score (nSPS) is 11.6. The van der Waals surface area contributed by atoms with Gasteiger partial charge in [0, 0.05) is 19.1 Å². The zero-order valence-electron chi connectivity index (χ0n) is 11.2. The van der Waals surface area contributed by atoms with Gasteiger partial charge in [-0.1, -0.05) is 12.1 Å². The molecule has 0 spiro atoms. The summed E-state index contributed by atoms with van der Waals surface area (Å²) in [6.07, 6.45) is 2.61. The maximum Gasteiger partial charge on any atom is 0.220 e. The van der Waals surface area contributed by atoms with Crippen molar-refractivity contribution >= 4 is 5.91 Å². The molecule has 0 bridgehead atoms. The van der Waals surface area contributed by atoms with E-state index in [2.05, 4.69) is 11.4 Å². The van der Waals surface area contributed by atoms with Gasteiger partial charge >= 0.3 is 0 Å². The van der Waals surface area contributed by atoms with E-state index in [1.165, 1.54) is 0 Å². The highest BCUT2D eigenvalue weighted by Gasteiger charge is 2.07. The lowest BCUT2D eigenvalue weighted by molar-refractivity contribution is -0.121. The van der Waals surface area contributed by atoms with Crippen LogP contribution in [-0.2, 0) is 11.2 Å². The van der Waals surface area contributed by atoms with Crippen LogP contribution in [0.1, 0.15) is 37.3 Å². The van der Waals surface area contributed by atoms with Gasteiger partial charge in [-0.2, -0.15) is 5.26 Å². The lowest BCUT2D eigenvalue weighted by atomic mass is 10.1. The van der Waals surface area contributed by atoms with E-state index in [1.807, 2.05) is 19.1 Å². The Morgan fingerprint density at radius 1 is 1.42 bits per heavy atom. The van der Waals surface area contributed by atoms with Gasteiger partial charge < -0.3 is 10.4 Å². The van der Waals surface area contributed by atoms with Gasteiger partial charge in [0.25, 0.3) is 0 Å². The van der Waals surface area contributed by atoms with Crippen molar-refractivity contribution in [2.45, 2.75) is 38.6 Å². The SMILES string of the molecule is CC(CCCO)NC(=O)CCc1ccc(C#N)cc1. The molecule has 0 aromatic heterocycles. The van der Waals surface area contributed by atoms with E-state index in [9.17, 15) is 4.79 Å². The van der Waals surface area contributed by atoms with Crippen molar-refractivity contribution in [3.05, 3.63) is 35.4 Å². The number of nitrogens with one attached hydrogen (secondary N) is 1. The maximum absolute atomic E-state index is 11.7. The summed E-state index contributed by atoms with van der Waals surface area (Å²) in [7, 11) is 0. The molecule has 0 aliphatic heterocycles. The average Bonchev–Trinajstić information content (AvgIpc) is 2.43. The third-order valence-corrected chi connectivity index (χ3v) is 2.93. The topological polar surface area (TPSA) is 73.1 Å². The summed E-state index contributed by atoms with van der Waals surface area (Å²) in [5, 5.41) is 20.3. The Kier molecular flexibility index (Phi) is 6.62. The minimum Gasteiger partial charge on any atom is -0.396 e. The average molecular weight is 260 g/mol. The molecule has 0 heterocycles. The van der Waals surface area contributed by atoms with Gasteiger partial charge in [-0.25, -0.2) is 0 Å². The van der Waals surface area contributed by atoms with E-state index >= 15 is 0 Å². The Labute approximate surface area is 114 Å². The number of hydrogen-bond donors (Lipinski definition) is 2. The van der Waals surface area contributed by atoms with Gasteiger partial charge in [-0.3, -0.25) is 4.79 Å². The summed E-state index contributed by atoms with van der Waals surface area (Å²) in [4.78, 5) is 11.7. The highest BCUT2D eigenvalue weighted by atomic mass is 16.2. The Bertz CT molecular complexity index is 434. The molecule has 19 heavy (non-hydrogen) atoms. The summed E-state index contributed by atoms with van der Waals surface area (Å²) in [5.41, 5.74) is 1.68. The van der Waals surface area contributed by atoms with Crippen LogP contribution in [0.15, 0.2) is 24.3 Å². The van der Waals surface area contributed by atoms with Crippen molar-refractivity contribution < 1.29 is 9.90 Å². The van der Waals surface area contributed by atoms with Crippen LogP contribution in [0.2, 0.25) is 0 Å². The highest BCUT2D eigenvalue weighted by molar-refractivity contribution is 5.76. The van der Waals surface area contributed by atoms with Crippen molar-refractivity contribution in [2.75, 3.05) is 6.61 Å². The molecular formula is C15H20N2O2. The van der Waals surface area contributed by atoms with E-state index in [0.717, 1.165) is 12.0 Å². The molecule has 0 fully saturated rings. The Morgan fingerprint density at radius 2 is 2.11 bits per heavy atom. The predicted molar refractivity (Wildman–Crippen MR) is 73.4 cm³/mol. The zero-order valence-corrected chi connectivity index (χ0v) is 11.2. The monoisotopic (exact) mass is 260 g/mol. The van der Waals surface area contributed by atoms with Crippen molar-refractivity contribution in [3.8, 4) is 6.07 Å². The Balaban J connectivity index is 2.31. The highest BCUT2D eigenvalue weighted by Crippen LogP contribution is 2.06. The fourth-order valence-corrected chi connectivity index (χ4v) is 1.82. The minimum atomic E-state index is 0.0230. The van der Waals surface area contributed by atoms with Gasteiger partial charge in [0.2, 0.25) is 5.91 Å². The fraction of sp³-hybridized carbons (Fsp3) is 0.467. The molecule has 102 valence electrons. The Morgan fingerprint density at radius 3 is 2.68 bits per heavy atom. The van der Waals surface area contributed by atoms with Gasteiger partial charge in [0.1, 0.15) is 0 Å². The smallest absolute Gasteiger partial charge is 0.220 e. The molecule has 1 aromatic rings. The molecule has 1 rings (SSSR count).